The third-order valence-corrected chi connectivity index (χ3v) is 3.96. The van der Waals surface area contributed by atoms with Crippen LogP contribution in [0.2, 0.25) is 0 Å². The number of ether oxygens (including phenoxy) is 1. The minimum atomic E-state index is -4.38. The van der Waals surface area contributed by atoms with Gasteiger partial charge in [0.05, 0.1) is 18.0 Å². The van der Waals surface area contributed by atoms with Gasteiger partial charge in [0.15, 0.2) is 0 Å². The molecule has 6 nitrogen and oxygen atoms in total. The largest absolute Gasteiger partial charge is 0.449 e. The van der Waals surface area contributed by atoms with E-state index in [1.807, 2.05) is 0 Å². The Balaban J connectivity index is 2.83. The van der Waals surface area contributed by atoms with Gasteiger partial charge in [-0.25, -0.2) is 24.4 Å². The van der Waals surface area contributed by atoms with Crippen LogP contribution in [0.3, 0.4) is 0 Å². The van der Waals surface area contributed by atoms with Crippen molar-refractivity contribution in [1.29, 1.82) is 0 Å². The van der Waals surface area contributed by atoms with Crippen LogP contribution in [0.15, 0.2) is 17.0 Å². The Kier molecular flexibility index (Phi) is 7.34. The zero-order valence-corrected chi connectivity index (χ0v) is 14.5. The highest BCUT2D eigenvalue weighted by molar-refractivity contribution is 7.99. The number of aryl methyl sites for hydroxylation is 1. The topological polar surface area (TPSA) is 70.7 Å². The predicted octanol–water partition coefficient (Wildman–Crippen LogP) is 3.91. The molecule has 0 aliphatic rings. The monoisotopic (exact) mass is 383 g/mol. The zero-order chi connectivity index (χ0) is 19.2. The molecule has 2 N–H and O–H groups in total. The molecule has 1 aromatic carbocycles. The number of anilines is 1. The van der Waals surface area contributed by atoms with Crippen LogP contribution in [-0.4, -0.2) is 42.7 Å². The van der Waals surface area contributed by atoms with E-state index in [1.54, 1.807) is 6.92 Å². The van der Waals surface area contributed by atoms with Gasteiger partial charge in [-0.15, -0.1) is 11.8 Å². The van der Waals surface area contributed by atoms with E-state index in [2.05, 4.69) is 15.5 Å². The lowest BCUT2D eigenvalue weighted by Gasteiger charge is -2.19. The molecule has 0 aliphatic carbocycles. The van der Waals surface area contributed by atoms with Crippen molar-refractivity contribution in [2.45, 2.75) is 24.9 Å². The molecule has 3 amide bonds. The van der Waals surface area contributed by atoms with Crippen molar-refractivity contribution in [2.24, 2.45) is 0 Å². The van der Waals surface area contributed by atoms with Gasteiger partial charge in [0, 0.05) is 11.9 Å². The fourth-order valence-electron chi connectivity index (χ4n) is 1.61. The number of hydrazine groups is 1. The number of amides is 3. The molecule has 0 saturated heterocycles. The Bertz CT molecular complexity index is 640. The molecule has 0 spiro atoms. The van der Waals surface area contributed by atoms with Gasteiger partial charge in [-0.1, -0.05) is 0 Å². The number of nitrogens with one attached hydrogen (secondary N) is 2. The number of alkyl halides is 3. The highest BCUT2D eigenvalue weighted by Crippen LogP contribution is 2.32. The first kappa shape index (κ1) is 20.9. The van der Waals surface area contributed by atoms with Crippen molar-refractivity contribution in [3.05, 3.63) is 23.5 Å². The van der Waals surface area contributed by atoms with Crippen molar-refractivity contribution in [3.63, 3.8) is 0 Å². The van der Waals surface area contributed by atoms with Crippen LogP contribution in [0.1, 0.15) is 12.5 Å². The molecular formula is C14H17F4N3O3S. The van der Waals surface area contributed by atoms with Crippen molar-refractivity contribution < 1.29 is 31.9 Å². The normalized spacial score (nSPS) is 11.0. The maximum atomic E-state index is 13.9. The van der Waals surface area contributed by atoms with Gasteiger partial charge in [-0.05, 0) is 31.5 Å². The molecule has 25 heavy (non-hydrogen) atoms. The zero-order valence-electron chi connectivity index (χ0n) is 13.7. The molecule has 0 bridgehead atoms. The van der Waals surface area contributed by atoms with Gasteiger partial charge in [0.2, 0.25) is 0 Å². The lowest BCUT2D eigenvalue weighted by molar-refractivity contribution is -0.105. The summed E-state index contributed by atoms with van der Waals surface area (Å²) < 4.78 is 55.5. The summed E-state index contributed by atoms with van der Waals surface area (Å²) in [4.78, 5) is 23.3. The summed E-state index contributed by atoms with van der Waals surface area (Å²) in [7, 11) is 1.19. The number of rotatable bonds is 4. The molecule has 0 heterocycles. The number of urea groups is 1. The second-order valence-electron chi connectivity index (χ2n) is 4.82. The van der Waals surface area contributed by atoms with E-state index in [1.165, 1.54) is 14.0 Å². The van der Waals surface area contributed by atoms with Gasteiger partial charge < -0.3 is 10.1 Å². The van der Waals surface area contributed by atoms with Gasteiger partial charge >= 0.3 is 18.3 Å². The number of nitrogens with zero attached hydrogens (tertiary/aromatic N) is 1. The lowest BCUT2D eigenvalue weighted by atomic mass is 10.2. The summed E-state index contributed by atoms with van der Waals surface area (Å²) in [5.41, 5.74) is 2.08. The van der Waals surface area contributed by atoms with Gasteiger partial charge in [0.25, 0.3) is 0 Å². The SMILES string of the molecule is CCOC(=O)NN(C)C(=O)Nc1cc(SCC(F)(F)F)c(C)cc1F. The van der Waals surface area contributed by atoms with Crippen LogP contribution in [0, 0.1) is 12.7 Å². The molecule has 0 unspecified atom stereocenters. The molecule has 1 aromatic rings. The van der Waals surface area contributed by atoms with Crippen LogP contribution >= 0.6 is 11.8 Å². The van der Waals surface area contributed by atoms with Gasteiger partial charge in [0.1, 0.15) is 5.82 Å². The van der Waals surface area contributed by atoms with E-state index in [0.717, 1.165) is 17.1 Å². The standard InChI is InChI=1S/C14H17F4N3O3S/c1-4-24-13(23)20-21(3)12(22)19-10-6-11(8(2)5-9(10)15)25-7-14(16,17)18/h5-6H,4,7H2,1-3H3,(H,19,22)(H,20,23). The number of hydrogen-bond donors (Lipinski definition) is 2. The summed E-state index contributed by atoms with van der Waals surface area (Å²) in [6.45, 7) is 3.12. The lowest BCUT2D eigenvalue weighted by Crippen LogP contribution is -2.45. The van der Waals surface area contributed by atoms with Crippen LogP contribution in [0.25, 0.3) is 0 Å². The van der Waals surface area contributed by atoms with E-state index >= 15 is 0 Å². The number of carbonyl (C=O) groups excluding carboxylic acids is 2. The van der Waals surface area contributed by atoms with E-state index in [-0.39, 0.29) is 17.2 Å². The Morgan fingerprint density at radius 3 is 2.52 bits per heavy atom. The maximum absolute atomic E-state index is 13.9. The Hall–Kier alpha value is -2.17. The molecular weight excluding hydrogens is 366 g/mol. The minimum Gasteiger partial charge on any atom is -0.449 e. The van der Waals surface area contributed by atoms with Crippen molar-refractivity contribution >= 4 is 29.6 Å². The second kappa shape index (κ2) is 8.79. The first-order valence-corrected chi connectivity index (χ1v) is 8.00. The second-order valence-corrected chi connectivity index (χ2v) is 5.84. The van der Waals surface area contributed by atoms with Crippen LogP contribution < -0.4 is 10.7 Å². The van der Waals surface area contributed by atoms with E-state index in [0.29, 0.717) is 17.3 Å². The first-order valence-electron chi connectivity index (χ1n) is 7.01. The number of benzene rings is 1. The molecule has 0 atom stereocenters. The summed E-state index contributed by atoms with van der Waals surface area (Å²) in [5, 5.41) is 2.89. The fourth-order valence-corrected chi connectivity index (χ4v) is 2.42. The fraction of sp³-hybridized carbons (Fsp3) is 0.429. The summed E-state index contributed by atoms with van der Waals surface area (Å²) in [6.07, 6.45) is -5.26. The molecule has 0 aromatic heterocycles. The number of thioether (sulfide) groups is 1. The highest BCUT2D eigenvalue weighted by atomic mass is 32.2. The van der Waals surface area contributed by atoms with Crippen molar-refractivity contribution in [2.75, 3.05) is 24.7 Å². The van der Waals surface area contributed by atoms with Crippen LogP contribution in [-0.2, 0) is 4.74 Å². The average Bonchev–Trinajstić information content (AvgIpc) is 2.47. The molecule has 140 valence electrons. The predicted molar refractivity (Wildman–Crippen MR) is 84.9 cm³/mol. The molecule has 1 rings (SSSR count). The third kappa shape index (κ3) is 7.08. The Morgan fingerprint density at radius 1 is 1.32 bits per heavy atom. The van der Waals surface area contributed by atoms with E-state index < -0.39 is 29.9 Å². The highest BCUT2D eigenvalue weighted by Gasteiger charge is 2.28. The molecule has 0 saturated carbocycles. The average molecular weight is 383 g/mol. The van der Waals surface area contributed by atoms with E-state index in [9.17, 15) is 27.2 Å². The summed E-state index contributed by atoms with van der Waals surface area (Å²) in [5.74, 6) is -1.95. The number of carbonyl (C=O) groups is 2. The number of halogens is 4. The maximum Gasteiger partial charge on any atom is 0.426 e. The Labute approximate surface area is 145 Å². The quantitative estimate of drug-likeness (QED) is 0.470. The van der Waals surface area contributed by atoms with Crippen LogP contribution in [0.5, 0.6) is 0 Å². The van der Waals surface area contributed by atoms with Crippen molar-refractivity contribution in [3.8, 4) is 0 Å². The first-order chi connectivity index (χ1) is 11.5. The van der Waals surface area contributed by atoms with Gasteiger partial charge in [-0.3, -0.25) is 0 Å². The molecule has 0 aliphatic heterocycles. The minimum absolute atomic E-state index is 0.0909. The molecule has 0 radical (unpaired) electrons. The summed E-state index contributed by atoms with van der Waals surface area (Å²) >= 11 is 0.483. The summed E-state index contributed by atoms with van der Waals surface area (Å²) in [6, 6.07) is 1.23. The van der Waals surface area contributed by atoms with Gasteiger partial charge in [-0.2, -0.15) is 13.2 Å². The Morgan fingerprint density at radius 2 is 1.96 bits per heavy atom. The number of hydrogen-bond acceptors (Lipinski definition) is 4. The third-order valence-electron chi connectivity index (χ3n) is 2.74. The van der Waals surface area contributed by atoms with E-state index in [4.69, 9.17) is 0 Å². The molecule has 11 heteroatoms. The smallest absolute Gasteiger partial charge is 0.426 e. The van der Waals surface area contributed by atoms with Crippen LogP contribution in [0.4, 0.5) is 32.8 Å². The van der Waals surface area contributed by atoms with Crippen molar-refractivity contribution in [1.82, 2.24) is 10.4 Å². The molecule has 0 fully saturated rings.